The van der Waals surface area contributed by atoms with Crippen molar-refractivity contribution in [2.75, 3.05) is 0 Å². The predicted octanol–water partition coefficient (Wildman–Crippen LogP) is 4.29. The van der Waals surface area contributed by atoms with Crippen molar-refractivity contribution >= 4 is 43.7 Å². The molecular weight excluding hydrogens is 386 g/mol. The van der Waals surface area contributed by atoms with Crippen molar-refractivity contribution in [1.82, 2.24) is 9.66 Å². The Kier molecular flexibility index (Phi) is 4.10. The molecule has 0 amide bonds. The van der Waals surface area contributed by atoms with E-state index in [2.05, 4.69) is 26.0 Å². The van der Waals surface area contributed by atoms with Crippen LogP contribution in [0.3, 0.4) is 0 Å². The number of hydrogen-bond donors (Lipinski definition) is 0. The molecule has 6 heteroatoms. The molecule has 0 radical (unpaired) electrons. The Labute approximate surface area is 152 Å². The molecule has 0 fully saturated rings. The van der Waals surface area contributed by atoms with Gasteiger partial charge in [0.25, 0.3) is 5.56 Å². The van der Waals surface area contributed by atoms with E-state index in [1.54, 1.807) is 17.6 Å². The van der Waals surface area contributed by atoms with E-state index in [-0.39, 0.29) is 5.56 Å². The standard InChI is InChI=1S/C18H16BrN3OS/c1-11-21-17-16(13-7-3-5-9-15(13)24-17)18(23)22(11)20-10-12-6-2-4-8-14(12)19/h2,4,6,8,10H,3,5,7,9H2,1H3/b20-10+. The van der Waals surface area contributed by atoms with Gasteiger partial charge in [-0.2, -0.15) is 9.78 Å². The molecule has 1 aliphatic rings. The number of aryl methyl sites for hydroxylation is 3. The van der Waals surface area contributed by atoms with E-state index in [1.807, 2.05) is 31.2 Å². The molecule has 0 atom stereocenters. The second-order valence-corrected chi connectivity index (χ2v) is 7.87. The number of rotatable bonds is 2. The predicted molar refractivity (Wildman–Crippen MR) is 102 cm³/mol. The van der Waals surface area contributed by atoms with Crippen LogP contribution < -0.4 is 5.56 Å². The van der Waals surface area contributed by atoms with Crippen LogP contribution in [0.25, 0.3) is 10.2 Å². The quantitative estimate of drug-likeness (QED) is 0.601. The fourth-order valence-electron chi connectivity index (χ4n) is 3.13. The monoisotopic (exact) mass is 401 g/mol. The molecule has 0 bridgehead atoms. The first-order valence-electron chi connectivity index (χ1n) is 7.98. The van der Waals surface area contributed by atoms with Gasteiger partial charge in [0, 0.05) is 14.9 Å². The summed E-state index contributed by atoms with van der Waals surface area (Å²) in [5.74, 6) is 0.620. The maximum absolute atomic E-state index is 13.0. The maximum Gasteiger partial charge on any atom is 0.283 e. The van der Waals surface area contributed by atoms with E-state index in [0.717, 1.165) is 39.5 Å². The average molecular weight is 402 g/mol. The van der Waals surface area contributed by atoms with Gasteiger partial charge in [0.2, 0.25) is 0 Å². The first-order chi connectivity index (χ1) is 11.6. The summed E-state index contributed by atoms with van der Waals surface area (Å²) in [6, 6.07) is 7.79. The normalized spacial score (nSPS) is 14.4. The third-order valence-corrected chi connectivity index (χ3v) is 6.25. The Bertz CT molecular complexity index is 1020. The van der Waals surface area contributed by atoms with Gasteiger partial charge in [0.05, 0.1) is 11.6 Å². The Morgan fingerprint density at radius 3 is 2.92 bits per heavy atom. The van der Waals surface area contributed by atoms with Crippen LogP contribution in [0.1, 0.15) is 34.7 Å². The molecule has 0 aliphatic heterocycles. The van der Waals surface area contributed by atoms with E-state index in [9.17, 15) is 4.79 Å². The molecule has 122 valence electrons. The average Bonchev–Trinajstić information content (AvgIpc) is 2.94. The zero-order chi connectivity index (χ0) is 16.7. The van der Waals surface area contributed by atoms with E-state index in [0.29, 0.717) is 5.82 Å². The van der Waals surface area contributed by atoms with Crippen LogP contribution >= 0.6 is 27.3 Å². The van der Waals surface area contributed by atoms with E-state index in [1.165, 1.54) is 21.5 Å². The summed E-state index contributed by atoms with van der Waals surface area (Å²) in [7, 11) is 0. The topological polar surface area (TPSA) is 47.2 Å². The lowest BCUT2D eigenvalue weighted by Crippen LogP contribution is -2.21. The second-order valence-electron chi connectivity index (χ2n) is 5.93. The van der Waals surface area contributed by atoms with Crippen molar-refractivity contribution in [1.29, 1.82) is 0 Å². The number of nitrogens with zero attached hydrogens (tertiary/aromatic N) is 3. The Hall–Kier alpha value is -1.79. The molecule has 2 heterocycles. The van der Waals surface area contributed by atoms with Gasteiger partial charge < -0.3 is 0 Å². The van der Waals surface area contributed by atoms with Crippen LogP contribution in [0.5, 0.6) is 0 Å². The molecule has 0 unspecified atom stereocenters. The highest BCUT2D eigenvalue weighted by atomic mass is 79.9. The first kappa shape index (κ1) is 15.7. The van der Waals surface area contributed by atoms with Gasteiger partial charge in [0.15, 0.2) is 0 Å². The van der Waals surface area contributed by atoms with E-state index in [4.69, 9.17) is 0 Å². The van der Waals surface area contributed by atoms with Crippen LogP contribution in [-0.2, 0) is 12.8 Å². The summed E-state index contributed by atoms with van der Waals surface area (Å²) in [6.07, 6.45) is 6.09. The molecule has 3 aromatic rings. The molecule has 0 saturated carbocycles. The fraction of sp³-hybridized carbons (Fsp3) is 0.278. The number of halogens is 1. The van der Waals surface area contributed by atoms with E-state index >= 15 is 0 Å². The minimum atomic E-state index is -0.0554. The highest BCUT2D eigenvalue weighted by Crippen LogP contribution is 2.33. The summed E-state index contributed by atoms with van der Waals surface area (Å²) in [4.78, 5) is 19.8. The van der Waals surface area contributed by atoms with Crippen molar-refractivity contribution in [2.45, 2.75) is 32.6 Å². The van der Waals surface area contributed by atoms with Gasteiger partial charge in [-0.3, -0.25) is 4.79 Å². The summed E-state index contributed by atoms with van der Waals surface area (Å²) in [5.41, 5.74) is 2.07. The largest absolute Gasteiger partial charge is 0.283 e. The zero-order valence-electron chi connectivity index (χ0n) is 13.3. The molecule has 4 nitrogen and oxygen atoms in total. The van der Waals surface area contributed by atoms with Crippen LogP contribution in [0.15, 0.2) is 38.6 Å². The van der Waals surface area contributed by atoms with Crippen molar-refractivity contribution in [3.63, 3.8) is 0 Å². The lowest BCUT2D eigenvalue weighted by Gasteiger charge is -2.10. The molecule has 1 aromatic carbocycles. The van der Waals surface area contributed by atoms with Crippen molar-refractivity contribution < 1.29 is 0 Å². The Balaban J connectivity index is 1.87. The van der Waals surface area contributed by atoms with Gasteiger partial charge in [-0.25, -0.2) is 4.98 Å². The van der Waals surface area contributed by atoms with E-state index < -0.39 is 0 Å². The smallest absolute Gasteiger partial charge is 0.267 e. The summed E-state index contributed by atoms with van der Waals surface area (Å²) in [5, 5.41) is 5.17. The Morgan fingerprint density at radius 2 is 2.08 bits per heavy atom. The number of hydrogen-bond acceptors (Lipinski definition) is 4. The highest BCUT2D eigenvalue weighted by molar-refractivity contribution is 9.10. The Morgan fingerprint density at radius 1 is 1.29 bits per heavy atom. The lowest BCUT2D eigenvalue weighted by atomic mass is 9.97. The third-order valence-electron chi connectivity index (χ3n) is 4.35. The minimum absolute atomic E-state index is 0.0554. The summed E-state index contributed by atoms with van der Waals surface area (Å²) < 4.78 is 2.37. The molecule has 0 saturated heterocycles. The molecule has 0 N–H and O–H groups in total. The van der Waals surface area contributed by atoms with Gasteiger partial charge in [-0.15, -0.1) is 11.3 Å². The van der Waals surface area contributed by atoms with Crippen LogP contribution in [0, 0.1) is 6.92 Å². The van der Waals surface area contributed by atoms with Gasteiger partial charge in [-0.05, 0) is 44.2 Å². The fourth-order valence-corrected chi connectivity index (χ4v) is 4.82. The van der Waals surface area contributed by atoms with Gasteiger partial charge in [-0.1, -0.05) is 34.1 Å². The number of aromatic nitrogens is 2. The number of benzene rings is 1. The van der Waals surface area contributed by atoms with Crippen molar-refractivity contribution in [3.8, 4) is 0 Å². The summed E-state index contributed by atoms with van der Waals surface area (Å²) in [6.45, 7) is 1.83. The van der Waals surface area contributed by atoms with Crippen LogP contribution in [0.4, 0.5) is 0 Å². The molecule has 1 aliphatic carbocycles. The molecule has 24 heavy (non-hydrogen) atoms. The van der Waals surface area contributed by atoms with Gasteiger partial charge >= 0.3 is 0 Å². The first-order valence-corrected chi connectivity index (χ1v) is 9.59. The van der Waals surface area contributed by atoms with Crippen molar-refractivity contribution in [3.05, 3.63) is 60.9 Å². The third kappa shape index (κ3) is 2.63. The number of thiophene rings is 1. The maximum atomic E-state index is 13.0. The van der Waals surface area contributed by atoms with Crippen LogP contribution in [-0.4, -0.2) is 15.9 Å². The highest BCUT2D eigenvalue weighted by Gasteiger charge is 2.21. The van der Waals surface area contributed by atoms with Crippen molar-refractivity contribution in [2.24, 2.45) is 5.10 Å². The minimum Gasteiger partial charge on any atom is -0.267 e. The molecule has 2 aromatic heterocycles. The molecular formula is C18H16BrN3OS. The SMILES string of the molecule is Cc1nc2sc3c(c2c(=O)n1/N=C/c1ccccc1Br)CCCC3. The summed E-state index contributed by atoms with van der Waals surface area (Å²) >= 11 is 5.17. The van der Waals surface area contributed by atoms with Gasteiger partial charge in [0.1, 0.15) is 10.7 Å². The van der Waals surface area contributed by atoms with Crippen LogP contribution in [0.2, 0.25) is 0 Å². The second kappa shape index (κ2) is 6.26. The number of fused-ring (bicyclic) bond motifs is 3. The zero-order valence-corrected chi connectivity index (χ0v) is 15.7. The lowest BCUT2D eigenvalue weighted by molar-refractivity contribution is 0.698. The molecule has 0 spiro atoms. The molecule has 4 rings (SSSR count).